The largest absolute Gasteiger partial charge is 0.492 e. The molecule has 0 spiro atoms. The van der Waals surface area contributed by atoms with Gasteiger partial charge in [0.05, 0.1) is 22.8 Å². The number of hydrogen-bond acceptors (Lipinski definition) is 5. The molecule has 1 N–H and O–H groups in total. The molecule has 3 aromatic rings. The maximum Gasteiger partial charge on any atom is 0.258 e. The Hall–Kier alpha value is -3.14. The van der Waals surface area contributed by atoms with E-state index in [0.717, 1.165) is 11.3 Å². The molecule has 0 atom stereocenters. The zero-order chi connectivity index (χ0) is 25.9. The van der Waals surface area contributed by atoms with Crippen molar-refractivity contribution < 1.29 is 22.3 Å². The van der Waals surface area contributed by atoms with Gasteiger partial charge in [-0.1, -0.05) is 29.8 Å². The maximum absolute atomic E-state index is 14.1. The van der Waals surface area contributed by atoms with Crippen LogP contribution in [-0.2, 0) is 10.0 Å². The fraction of sp³-hybridized carbons (Fsp3) is 0.269. The molecule has 1 aliphatic heterocycles. The Balaban J connectivity index is 1.55. The molecular formula is C26H27ClFN3O4S. The van der Waals surface area contributed by atoms with Crippen LogP contribution in [0.4, 0.5) is 15.8 Å². The lowest BCUT2D eigenvalue weighted by molar-refractivity contribution is 0.102. The minimum Gasteiger partial charge on any atom is -0.492 e. The lowest BCUT2D eigenvalue weighted by atomic mass is 10.1. The van der Waals surface area contributed by atoms with E-state index in [-0.39, 0.29) is 16.1 Å². The van der Waals surface area contributed by atoms with Crippen LogP contribution in [0, 0.1) is 12.7 Å². The maximum atomic E-state index is 14.1. The highest BCUT2D eigenvalue weighted by molar-refractivity contribution is 7.89. The molecule has 1 fully saturated rings. The van der Waals surface area contributed by atoms with Crippen LogP contribution in [0.15, 0.2) is 65.6 Å². The van der Waals surface area contributed by atoms with Crippen LogP contribution in [0.3, 0.4) is 0 Å². The van der Waals surface area contributed by atoms with E-state index in [1.54, 1.807) is 13.0 Å². The molecule has 0 aliphatic carbocycles. The first-order chi connectivity index (χ1) is 17.2. The van der Waals surface area contributed by atoms with Crippen molar-refractivity contribution in [2.45, 2.75) is 18.7 Å². The topological polar surface area (TPSA) is 79.0 Å². The normalized spacial score (nSPS) is 14.5. The zero-order valence-electron chi connectivity index (χ0n) is 20.0. The van der Waals surface area contributed by atoms with E-state index in [1.807, 2.05) is 25.1 Å². The molecule has 190 valence electrons. The Morgan fingerprint density at radius 2 is 1.78 bits per heavy atom. The minimum atomic E-state index is -3.85. The van der Waals surface area contributed by atoms with Crippen molar-refractivity contribution in [1.29, 1.82) is 0 Å². The molecule has 0 bridgehead atoms. The second kappa shape index (κ2) is 10.9. The highest BCUT2D eigenvalue weighted by atomic mass is 35.5. The van der Waals surface area contributed by atoms with Gasteiger partial charge in [0.2, 0.25) is 10.0 Å². The van der Waals surface area contributed by atoms with Gasteiger partial charge in [0.1, 0.15) is 11.6 Å². The molecule has 0 saturated carbocycles. The predicted molar refractivity (Wildman–Crippen MR) is 139 cm³/mol. The number of nitrogens with zero attached hydrogens (tertiary/aromatic N) is 2. The van der Waals surface area contributed by atoms with Gasteiger partial charge >= 0.3 is 0 Å². The summed E-state index contributed by atoms with van der Waals surface area (Å²) in [4.78, 5) is 14.8. The SMILES string of the molecule is CCOc1ccc(S(=O)(=O)N2CCN(c3cc(Cl)ccc3C)CC2)cc1NC(=O)c1ccccc1F. The number of hydrogen-bond donors (Lipinski definition) is 1. The van der Waals surface area contributed by atoms with Gasteiger partial charge in [-0.05, 0) is 61.9 Å². The summed E-state index contributed by atoms with van der Waals surface area (Å²) in [7, 11) is -3.85. The Kier molecular flexibility index (Phi) is 7.82. The number of rotatable bonds is 7. The van der Waals surface area contributed by atoms with Crippen molar-refractivity contribution >= 4 is 38.9 Å². The van der Waals surface area contributed by atoms with Crippen molar-refractivity contribution in [2.24, 2.45) is 0 Å². The Labute approximate surface area is 215 Å². The molecule has 36 heavy (non-hydrogen) atoms. The van der Waals surface area contributed by atoms with Crippen molar-refractivity contribution in [2.75, 3.05) is 43.0 Å². The summed E-state index contributed by atoms with van der Waals surface area (Å²) in [6, 6.07) is 15.5. The van der Waals surface area contributed by atoms with Crippen LogP contribution in [0.25, 0.3) is 0 Å². The highest BCUT2D eigenvalue weighted by Gasteiger charge is 2.30. The highest BCUT2D eigenvalue weighted by Crippen LogP contribution is 2.31. The summed E-state index contributed by atoms with van der Waals surface area (Å²) in [6.45, 7) is 5.67. The van der Waals surface area contributed by atoms with E-state index in [0.29, 0.717) is 43.6 Å². The lowest BCUT2D eigenvalue weighted by Crippen LogP contribution is -2.48. The third-order valence-electron chi connectivity index (χ3n) is 6.01. The van der Waals surface area contributed by atoms with E-state index in [9.17, 15) is 17.6 Å². The summed E-state index contributed by atoms with van der Waals surface area (Å²) in [5.74, 6) is -1.08. The number of amides is 1. The van der Waals surface area contributed by atoms with Crippen LogP contribution < -0.4 is 15.0 Å². The number of anilines is 2. The third kappa shape index (κ3) is 5.48. The molecule has 0 unspecified atom stereocenters. The molecule has 0 aromatic heterocycles. The van der Waals surface area contributed by atoms with Crippen molar-refractivity contribution in [1.82, 2.24) is 4.31 Å². The molecule has 7 nitrogen and oxygen atoms in total. The summed E-state index contributed by atoms with van der Waals surface area (Å²) in [6.07, 6.45) is 0. The molecule has 0 radical (unpaired) electrons. The number of sulfonamides is 1. The fourth-order valence-corrected chi connectivity index (χ4v) is 5.74. The summed E-state index contributed by atoms with van der Waals surface area (Å²) in [5.41, 5.74) is 2.05. The average Bonchev–Trinajstić information content (AvgIpc) is 2.87. The van der Waals surface area contributed by atoms with Crippen LogP contribution in [0.1, 0.15) is 22.8 Å². The number of ether oxygens (including phenoxy) is 1. The van der Waals surface area contributed by atoms with E-state index >= 15 is 0 Å². The number of carbonyl (C=O) groups excluding carboxylic acids is 1. The van der Waals surface area contributed by atoms with Crippen molar-refractivity contribution in [3.63, 3.8) is 0 Å². The molecular weight excluding hydrogens is 505 g/mol. The first-order valence-corrected chi connectivity index (χ1v) is 13.4. The number of piperazine rings is 1. The predicted octanol–water partition coefficient (Wildman–Crippen LogP) is 4.95. The first kappa shape index (κ1) is 25.9. The Morgan fingerprint density at radius 3 is 2.47 bits per heavy atom. The van der Waals surface area contributed by atoms with Crippen molar-refractivity contribution in [3.05, 3.63) is 82.6 Å². The number of nitrogens with one attached hydrogen (secondary N) is 1. The van der Waals surface area contributed by atoms with E-state index in [2.05, 4.69) is 10.2 Å². The Bertz CT molecular complexity index is 1380. The van der Waals surface area contributed by atoms with Crippen LogP contribution in [0.2, 0.25) is 5.02 Å². The van der Waals surface area contributed by atoms with Crippen molar-refractivity contribution in [3.8, 4) is 5.75 Å². The molecule has 4 rings (SSSR count). The third-order valence-corrected chi connectivity index (χ3v) is 8.14. The van der Waals surface area contributed by atoms with Crippen LogP contribution >= 0.6 is 11.6 Å². The quantitative estimate of drug-likeness (QED) is 0.467. The average molecular weight is 532 g/mol. The van der Waals surface area contributed by atoms with Gasteiger partial charge in [0.25, 0.3) is 5.91 Å². The number of halogens is 2. The van der Waals surface area contributed by atoms with Gasteiger partial charge in [0, 0.05) is 36.9 Å². The summed E-state index contributed by atoms with van der Waals surface area (Å²) < 4.78 is 48.0. The molecule has 1 saturated heterocycles. The van der Waals surface area contributed by atoms with Gasteiger partial charge in [-0.15, -0.1) is 0 Å². The second-order valence-corrected chi connectivity index (χ2v) is 10.7. The number of carbonyl (C=O) groups is 1. The van der Waals surface area contributed by atoms with Gasteiger partial charge in [-0.2, -0.15) is 4.31 Å². The molecule has 10 heteroatoms. The fourth-order valence-electron chi connectivity index (χ4n) is 4.13. The smallest absolute Gasteiger partial charge is 0.258 e. The lowest BCUT2D eigenvalue weighted by Gasteiger charge is -2.36. The standard InChI is InChI=1S/C26H27ClFN3O4S/c1-3-35-25-11-10-20(17-23(25)29-26(32)21-6-4-5-7-22(21)28)36(33,34)31-14-12-30(13-15-31)24-16-19(27)9-8-18(24)2/h4-11,16-17H,3,12-15H2,1-2H3,(H,29,32). The van der Waals surface area contributed by atoms with E-state index in [4.69, 9.17) is 16.3 Å². The van der Waals surface area contributed by atoms with Gasteiger partial charge in [-0.3, -0.25) is 4.79 Å². The Morgan fingerprint density at radius 1 is 1.06 bits per heavy atom. The molecule has 3 aromatic carbocycles. The molecule has 1 amide bonds. The second-order valence-electron chi connectivity index (χ2n) is 8.35. The monoisotopic (exact) mass is 531 g/mol. The number of aryl methyl sites for hydroxylation is 1. The zero-order valence-corrected chi connectivity index (χ0v) is 21.6. The van der Waals surface area contributed by atoms with E-state index in [1.165, 1.54) is 40.7 Å². The summed E-state index contributed by atoms with van der Waals surface area (Å²) >= 11 is 6.16. The first-order valence-electron chi connectivity index (χ1n) is 11.5. The minimum absolute atomic E-state index is 0.0159. The van der Waals surface area contributed by atoms with Crippen LogP contribution in [0.5, 0.6) is 5.75 Å². The molecule has 1 aliphatic rings. The van der Waals surface area contributed by atoms with E-state index < -0.39 is 21.7 Å². The van der Waals surface area contributed by atoms with Gasteiger partial charge in [0.15, 0.2) is 0 Å². The summed E-state index contributed by atoms with van der Waals surface area (Å²) in [5, 5.41) is 3.23. The number of benzene rings is 3. The van der Waals surface area contributed by atoms with Gasteiger partial charge in [-0.25, -0.2) is 12.8 Å². The van der Waals surface area contributed by atoms with Gasteiger partial charge < -0.3 is 15.0 Å². The molecule has 1 heterocycles. The van der Waals surface area contributed by atoms with Crippen LogP contribution in [-0.4, -0.2) is 51.4 Å².